The third-order valence-electron chi connectivity index (χ3n) is 4.03. The van der Waals surface area contributed by atoms with Gasteiger partial charge in [-0.1, -0.05) is 17.3 Å². The summed E-state index contributed by atoms with van der Waals surface area (Å²) in [6.07, 6.45) is 1.53. The van der Waals surface area contributed by atoms with Crippen molar-refractivity contribution < 1.29 is 14.1 Å². The first-order valence-electron chi connectivity index (χ1n) is 7.66. The van der Waals surface area contributed by atoms with Gasteiger partial charge in [0.15, 0.2) is 0 Å². The predicted octanol–water partition coefficient (Wildman–Crippen LogP) is 2.35. The maximum atomic E-state index is 12.2. The molecule has 6 nitrogen and oxygen atoms in total. The molecule has 3 rings (SSSR count). The van der Waals surface area contributed by atoms with Crippen LogP contribution in [-0.2, 0) is 11.3 Å². The van der Waals surface area contributed by atoms with Crippen molar-refractivity contribution in [2.45, 2.75) is 33.2 Å². The first-order valence-corrected chi connectivity index (χ1v) is 7.66. The average Bonchev–Trinajstić information content (AvgIpc) is 3.11. The van der Waals surface area contributed by atoms with Gasteiger partial charge in [-0.25, -0.2) is 0 Å². The van der Waals surface area contributed by atoms with E-state index in [0.29, 0.717) is 30.0 Å². The molecule has 23 heavy (non-hydrogen) atoms. The monoisotopic (exact) mass is 313 g/mol. The predicted molar refractivity (Wildman–Crippen MR) is 85.2 cm³/mol. The van der Waals surface area contributed by atoms with Gasteiger partial charge in [-0.15, -0.1) is 0 Å². The normalized spacial score (nSPS) is 14.3. The van der Waals surface area contributed by atoms with Gasteiger partial charge in [-0.3, -0.25) is 9.59 Å². The van der Waals surface area contributed by atoms with Crippen LogP contribution in [0.2, 0.25) is 0 Å². The van der Waals surface area contributed by atoms with Crippen molar-refractivity contribution in [1.29, 1.82) is 0 Å². The molecule has 0 bridgehead atoms. The number of aryl methyl sites for hydroxylation is 2. The van der Waals surface area contributed by atoms with E-state index < -0.39 is 0 Å². The molecule has 0 atom stereocenters. The summed E-state index contributed by atoms with van der Waals surface area (Å²) < 4.78 is 5.00. The average molecular weight is 313 g/mol. The zero-order valence-electron chi connectivity index (χ0n) is 13.3. The van der Waals surface area contributed by atoms with Crippen molar-refractivity contribution in [2.75, 3.05) is 11.4 Å². The number of carbonyl (C=O) groups excluding carboxylic acids is 2. The number of nitrogens with zero attached hydrogens (tertiary/aromatic N) is 2. The molecule has 1 fully saturated rings. The van der Waals surface area contributed by atoms with Crippen LogP contribution in [0, 0.1) is 13.8 Å². The fraction of sp³-hybridized carbons (Fsp3) is 0.353. The summed E-state index contributed by atoms with van der Waals surface area (Å²) >= 11 is 0. The van der Waals surface area contributed by atoms with Crippen LogP contribution in [0.5, 0.6) is 0 Å². The van der Waals surface area contributed by atoms with Gasteiger partial charge >= 0.3 is 0 Å². The highest BCUT2D eigenvalue weighted by Gasteiger charge is 2.21. The summed E-state index contributed by atoms with van der Waals surface area (Å²) in [4.78, 5) is 25.7. The van der Waals surface area contributed by atoms with E-state index in [9.17, 15) is 9.59 Å². The molecule has 0 aliphatic carbocycles. The van der Waals surface area contributed by atoms with E-state index in [1.54, 1.807) is 18.7 Å². The largest absolute Gasteiger partial charge is 0.361 e. The number of nitrogens with one attached hydrogen (secondary N) is 1. The van der Waals surface area contributed by atoms with E-state index in [0.717, 1.165) is 24.2 Å². The second-order valence-electron chi connectivity index (χ2n) is 5.70. The Morgan fingerprint density at radius 2 is 2.04 bits per heavy atom. The number of anilines is 1. The van der Waals surface area contributed by atoms with Crippen molar-refractivity contribution in [1.82, 2.24) is 10.5 Å². The topological polar surface area (TPSA) is 75.4 Å². The van der Waals surface area contributed by atoms with Crippen LogP contribution >= 0.6 is 0 Å². The number of carbonyl (C=O) groups is 2. The third kappa shape index (κ3) is 3.11. The smallest absolute Gasteiger partial charge is 0.257 e. The van der Waals surface area contributed by atoms with Crippen LogP contribution in [-0.4, -0.2) is 23.5 Å². The Morgan fingerprint density at radius 3 is 2.61 bits per heavy atom. The number of amides is 2. The molecule has 6 heteroatoms. The van der Waals surface area contributed by atoms with Crippen molar-refractivity contribution in [2.24, 2.45) is 0 Å². The maximum absolute atomic E-state index is 12.2. The molecule has 120 valence electrons. The van der Waals surface area contributed by atoms with Gasteiger partial charge in [-0.05, 0) is 38.0 Å². The van der Waals surface area contributed by atoms with Gasteiger partial charge in [-0.2, -0.15) is 0 Å². The molecule has 2 amide bonds. The summed E-state index contributed by atoms with van der Waals surface area (Å²) in [5.74, 6) is 0.493. The fourth-order valence-electron chi connectivity index (χ4n) is 2.79. The zero-order valence-corrected chi connectivity index (χ0v) is 13.3. The lowest BCUT2D eigenvalue weighted by Gasteiger charge is -2.16. The Hall–Kier alpha value is -2.63. The molecule has 1 aliphatic rings. The Kier molecular flexibility index (Phi) is 4.14. The quantitative estimate of drug-likeness (QED) is 0.940. The maximum Gasteiger partial charge on any atom is 0.257 e. The molecule has 1 aliphatic heterocycles. The van der Waals surface area contributed by atoms with Crippen LogP contribution in [0.3, 0.4) is 0 Å². The van der Waals surface area contributed by atoms with Gasteiger partial charge < -0.3 is 14.7 Å². The molecule has 2 aromatic rings. The molecule has 0 spiro atoms. The number of benzene rings is 1. The van der Waals surface area contributed by atoms with Crippen LogP contribution in [0.25, 0.3) is 0 Å². The molecular formula is C17H19N3O3. The van der Waals surface area contributed by atoms with E-state index in [-0.39, 0.29) is 11.8 Å². The van der Waals surface area contributed by atoms with Gasteiger partial charge in [0, 0.05) is 25.2 Å². The first kappa shape index (κ1) is 15.3. The number of aromatic nitrogens is 1. The third-order valence-corrected chi connectivity index (χ3v) is 4.03. The van der Waals surface area contributed by atoms with E-state index in [2.05, 4.69) is 10.5 Å². The van der Waals surface area contributed by atoms with Crippen molar-refractivity contribution in [3.8, 4) is 0 Å². The Balaban J connectivity index is 1.63. The lowest BCUT2D eigenvalue weighted by Crippen LogP contribution is -2.24. The van der Waals surface area contributed by atoms with Crippen LogP contribution in [0.1, 0.15) is 40.2 Å². The molecule has 0 saturated carbocycles. The fourth-order valence-corrected chi connectivity index (χ4v) is 2.79. The second kappa shape index (κ2) is 6.24. The molecule has 1 aromatic heterocycles. The minimum absolute atomic E-state index is 0.171. The second-order valence-corrected chi connectivity index (χ2v) is 5.70. The number of hydrogen-bond donors (Lipinski definition) is 1. The van der Waals surface area contributed by atoms with E-state index in [1.165, 1.54) is 0 Å². The van der Waals surface area contributed by atoms with E-state index >= 15 is 0 Å². The van der Waals surface area contributed by atoms with Gasteiger partial charge in [0.25, 0.3) is 5.91 Å². The lowest BCUT2D eigenvalue weighted by atomic mass is 10.1. The van der Waals surface area contributed by atoms with Crippen molar-refractivity contribution >= 4 is 17.5 Å². The SMILES string of the molecule is Cc1noc(C)c1C(=O)NCc1ccc(N2CCCC2=O)cc1. The van der Waals surface area contributed by atoms with E-state index in [1.807, 2.05) is 24.3 Å². The molecular weight excluding hydrogens is 294 g/mol. The molecule has 1 aromatic carbocycles. The summed E-state index contributed by atoms with van der Waals surface area (Å²) in [7, 11) is 0. The van der Waals surface area contributed by atoms with Crippen molar-refractivity contribution in [3.63, 3.8) is 0 Å². The zero-order chi connectivity index (χ0) is 16.4. The number of hydrogen-bond acceptors (Lipinski definition) is 4. The Bertz CT molecular complexity index is 715. The summed E-state index contributed by atoms with van der Waals surface area (Å²) in [6.45, 7) is 4.65. The highest BCUT2D eigenvalue weighted by Crippen LogP contribution is 2.21. The van der Waals surface area contributed by atoms with Gasteiger partial charge in [0.05, 0.1) is 5.69 Å². The summed E-state index contributed by atoms with van der Waals surface area (Å²) in [6, 6.07) is 7.68. The standard InChI is InChI=1S/C17H19N3O3/c1-11-16(12(2)23-19-11)17(22)18-10-13-5-7-14(8-6-13)20-9-3-4-15(20)21/h5-8H,3-4,9-10H2,1-2H3,(H,18,22). The summed E-state index contributed by atoms with van der Waals surface area (Å²) in [5, 5.41) is 6.64. The molecule has 1 saturated heterocycles. The van der Waals surface area contributed by atoms with Gasteiger partial charge in [0.1, 0.15) is 11.3 Å². The highest BCUT2D eigenvalue weighted by molar-refractivity contribution is 5.96. The van der Waals surface area contributed by atoms with Crippen LogP contribution in [0.15, 0.2) is 28.8 Å². The van der Waals surface area contributed by atoms with Crippen molar-refractivity contribution in [3.05, 3.63) is 46.8 Å². The first-order chi connectivity index (χ1) is 11.1. The van der Waals surface area contributed by atoms with Crippen LogP contribution in [0.4, 0.5) is 5.69 Å². The molecule has 2 heterocycles. The minimum Gasteiger partial charge on any atom is -0.361 e. The lowest BCUT2D eigenvalue weighted by molar-refractivity contribution is -0.117. The molecule has 1 N–H and O–H groups in total. The molecule has 0 unspecified atom stereocenters. The molecule has 0 radical (unpaired) electrons. The highest BCUT2D eigenvalue weighted by atomic mass is 16.5. The Labute approximate surface area is 134 Å². The van der Waals surface area contributed by atoms with Crippen LogP contribution < -0.4 is 10.2 Å². The van der Waals surface area contributed by atoms with Gasteiger partial charge in [0.2, 0.25) is 5.91 Å². The summed E-state index contributed by atoms with van der Waals surface area (Å²) in [5.41, 5.74) is 2.96. The Morgan fingerprint density at radius 1 is 1.30 bits per heavy atom. The minimum atomic E-state index is -0.194. The number of rotatable bonds is 4. The van der Waals surface area contributed by atoms with E-state index in [4.69, 9.17) is 4.52 Å².